The predicted molar refractivity (Wildman–Crippen MR) is 97.6 cm³/mol. The molecule has 1 aliphatic carbocycles. The van der Waals surface area contributed by atoms with Gasteiger partial charge in [-0.15, -0.1) is 10.2 Å². The van der Waals surface area contributed by atoms with Crippen LogP contribution >= 0.6 is 0 Å². The molecule has 0 atom stereocenters. The van der Waals surface area contributed by atoms with Crippen molar-refractivity contribution in [2.45, 2.75) is 31.4 Å². The summed E-state index contributed by atoms with van der Waals surface area (Å²) < 4.78 is 28.6. The van der Waals surface area contributed by atoms with Crippen molar-refractivity contribution >= 4 is 21.7 Å². The van der Waals surface area contributed by atoms with Crippen molar-refractivity contribution in [3.8, 4) is 17.1 Å². The molecule has 1 aliphatic rings. The topological polar surface area (TPSA) is 114 Å². The summed E-state index contributed by atoms with van der Waals surface area (Å²) in [6.45, 7) is 2.83. The van der Waals surface area contributed by atoms with E-state index in [4.69, 9.17) is 4.74 Å². The number of benzene rings is 1. The van der Waals surface area contributed by atoms with E-state index in [-0.39, 0.29) is 17.6 Å². The largest absolute Gasteiger partial charge is 0.497 e. The maximum atomic E-state index is 12.5. The molecule has 0 radical (unpaired) electrons. The third-order valence-corrected chi connectivity index (χ3v) is 7.19. The highest BCUT2D eigenvalue weighted by Crippen LogP contribution is 2.34. The Kier molecular flexibility index (Phi) is 4.74. The van der Waals surface area contributed by atoms with Crippen LogP contribution in [0.4, 0.5) is 5.95 Å². The zero-order valence-electron chi connectivity index (χ0n) is 14.9. The number of hydrogen-bond donors (Lipinski definition) is 2. The molecule has 1 aromatic heterocycles. The van der Waals surface area contributed by atoms with Gasteiger partial charge in [0.05, 0.1) is 12.9 Å². The third-order valence-electron chi connectivity index (χ3n) is 4.54. The summed E-state index contributed by atoms with van der Waals surface area (Å²) >= 11 is 0. The van der Waals surface area contributed by atoms with Crippen molar-refractivity contribution in [3.63, 3.8) is 0 Å². The highest BCUT2D eigenvalue weighted by molar-refractivity contribution is 7.93. The molecule has 9 heteroatoms. The van der Waals surface area contributed by atoms with Crippen LogP contribution in [-0.2, 0) is 14.6 Å². The number of ether oxygens (including phenoxy) is 1. The van der Waals surface area contributed by atoms with Crippen molar-refractivity contribution < 1.29 is 17.9 Å². The Balaban J connectivity index is 1.74. The molecule has 26 heavy (non-hydrogen) atoms. The summed E-state index contributed by atoms with van der Waals surface area (Å²) in [5.74, 6) is 0.791. The summed E-state index contributed by atoms with van der Waals surface area (Å²) in [5, 5.41) is 10.4. The minimum atomic E-state index is -3.56. The lowest BCUT2D eigenvalue weighted by Gasteiger charge is -2.23. The minimum Gasteiger partial charge on any atom is -0.497 e. The van der Waals surface area contributed by atoms with Gasteiger partial charge in [0.25, 0.3) is 0 Å². The molecular weight excluding hydrogens is 356 g/mol. The van der Waals surface area contributed by atoms with Gasteiger partial charge in [-0.1, -0.05) is 12.1 Å². The average molecular weight is 378 g/mol. The lowest BCUT2D eigenvalue weighted by atomic mass is 10.2. The molecule has 140 valence electrons. The molecular formula is C17H22N4O4S. The summed E-state index contributed by atoms with van der Waals surface area (Å²) in [5.41, 5.74) is 0.734. The molecule has 1 saturated carbocycles. The number of aromatic nitrogens is 3. The smallest absolute Gasteiger partial charge is 0.247 e. The number of hydrogen-bond acceptors (Lipinski definition) is 6. The van der Waals surface area contributed by atoms with Crippen molar-refractivity contribution in [2.24, 2.45) is 5.92 Å². The van der Waals surface area contributed by atoms with Gasteiger partial charge in [-0.2, -0.15) is 0 Å². The van der Waals surface area contributed by atoms with E-state index in [1.165, 1.54) is 13.8 Å². The van der Waals surface area contributed by atoms with Crippen LogP contribution in [0.15, 0.2) is 24.3 Å². The lowest BCUT2D eigenvalue weighted by molar-refractivity contribution is -0.117. The third kappa shape index (κ3) is 3.72. The Labute approximate surface area is 152 Å². The van der Waals surface area contributed by atoms with Crippen molar-refractivity contribution in [1.82, 2.24) is 15.2 Å². The lowest BCUT2D eigenvalue weighted by Crippen LogP contribution is -2.46. The predicted octanol–water partition coefficient (Wildman–Crippen LogP) is 2.02. The van der Waals surface area contributed by atoms with Gasteiger partial charge < -0.3 is 9.72 Å². The van der Waals surface area contributed by atoms with Crippen molar-refractivity contribution in [1.29, 1.82) is 0 Å². The van der Waals surface area contributed by atoms with Crippen molar-refractivity contribution in [3.05, 3.63) is 24.3 Å². The Morgan fingerprint density at radius 1 is 1.35 bits per heavy atom. The molecule has 1 amide bonds. The van der Waals surface area contributed by atoms with Crippen LogP contribution in [0.5, 0.6) is 5.75 Å². The Hall–Kier alpha value is -2.42. The summed E-state index contributed by atoms with van der Waals surface area (Å²) in [6, 6.07) is 7.20. The molecule has 1 fully saturated rings. The van der Waals surface area contributed by atoms with Crippen LogP contribution in [0.1, 0.15) is 26.7 Å². The fourth-order valence-corrected chi connectivity index (χ4v) is 4.13. The van der Waals surface area contributed by atoms with Gasteiger partial charge in [0.2, 0.25) is 11.9 Å². The Bertz CT molecular complexity index is 916. The number of rotatable bonds is 7. The number of anilines is 1. The highest BCUT2D eigenvalue weighted by Gasteiger charge is 2.44. The van der Waals surface area contributed by atoms with E-state index >= 15 is 0 Å². The molecule has 1 heterocycles. The molecule has 0 spiro atoms. The zero-order chi connectivity index (χ0) is 18.9. The first-order valence-electron chi connectivity index (χ1n) is 8.34. The first kappa shape index (κ1) is 18.4. The van der Waals surface area contributed by atoms with E-state index < -0.39 is 20.5 Å². The van der Waals surface area contributed by atoms with Gasteiger partial charge in [-0.3, -0.25) is 10.1 Å². The number of nitrogens with zero attached hydrogens (tertiary/aromatic N) is 2. The van der Waals surface area contributed by atoms with E-state index in [0.717, 1.165) is 18.4 Å². The molecule has 0 aliphatic heterocycles. The van der Waals surface area contributed by atoms with E-state index in [9.17, 15) is 13.2 Å². The Morgan fingerprint density at radius 3 is 2.73 bits per heavy atom. The van der Waals surface area contributed by atoms with E-state index in [2.05, 4.69) is 20.5 Å². The molecule has 2 N–H and O–H groups in total. The van der Waals surface area contributed by atoms with Gasteiger partial charge >= 0.3 is 0 Å². The minimum absolute atomic E-state index is 0.0406. The van der Waals surface area contributed by atoms with Crippen LogP contribution in [0.2, 0.25) is 0 Å². The summed E-state index contributed by atoms with van der Waals surface area (Å²) in [4.78, 5) is 15.4. The van der Waals surface area contributed by atoms with Crippen LogP contribution < -0.4 is 10.1 Å². The summed E-state index contributed by atoms with van der Waals surface area (Å²) in [6.07, 6.45) is 1.81. The quantitative estimate of drug-likeness (QED) is 0.762. The van der Waals surface area contributed by atoms with Gasteiger partial charge in [0.1, 0.15) is 10.5 Å². The van der Waals surface area contributed by atoms with Crippen LogP contribution in [0.3, 0.4) is 0 Å². The number of carbonyl (C=O) groups is 1. The molecule has 2 aromatic rings. The number of carbonyl (C=O) groups excluding carboxylic acids is 1. The van der Waals surface area contributed by atoms with Crippen LogP contribution in [-0.4, -0.2) is 47.1 Å². The number of methoxy groups -OCH3 is 1. The first-order chi connectivity index (χ1) is 12.2. The normalized spacial score (nSPS) is 14.9. The number of H-pyrrole nitrogens is 1. The first-order valence-corrected chi connectivity index (χ1v) is 9.99. The monoisotopic (exact) mass is 378 g/mol. The second kappa shape index (κ2) is 6.71. The van der Waals surface area contributed by atoms with Crippen molar-refractivity contribution in [2.75, 3.05) is 18.2 Å². The van der Waals surface area contributed by atoms with Gasteiger partial charge in [-0.25, -0.2) is 8.42 Å². The van der Waals surface area contributed by atoms with E-state index in [1.807, 2.05) is 12.1 Å². The van der Waals surface area contributed by atoms with E-state index in [1.54, 1.807) is 19.2 Å². The van der Waals surface area contributed by atoms with Gasteiger partial charge in [-0.05, 0) is 44.7 Å². The molecule has 8 nitrogen and oxygen atoms in total. The van der Waals surface area contributed by atoms with E-state index in [0.29, 0.717) is 11.6 Å². The number of aromatic amines is 1. The standard InChI is InChI=1S/C17H22N4O4S/c1-17(2,26(23,24)10-11-7-8-11)15(22)19-16-18-14(20-21-16)12-5-4-6-13(9-12)25-3/h4-6,9,11H,7-8,10H2,1-3H3,(H2,18,19,20,21,22). The van der Waals surface area contributed by atoms with Crippen LogP contribution in [0.25, 0.3) is 11.4 Å². The number of sulfone groups is 1. The van der Waals surface area contributed by atoms with Gasteiger partial charge in [0.15, 0.2) is 15.7 Å². The average Bonchev–Trinajstić information content (AvgIpc) is 3.28. The fourth-order valence-electron chi connectivity index (χ4n) is 2.42. The maximum Gasteiger partial charge on any atom is 0.247 e. The number of nitrogens with one attached hydrogen (secondary N) is 2. The molecule has 3 rings (SSSR count). The SMILES string of the molecule is COc1cccc(-c2nnc(NC(=O)C(C)(C)S(=O)(=O)CC3CC3)[nH]2)c1. The second-order valence-electron chi connectivity index (χ2n) is 6.94. The molecule has 0 saturated heterocycles. The Morgan fingerprint density at radius 2 is 2.08 bits per heavy atom. The van der Waals surface area contributed by atoms with Crippen LogP contribution in [0, 0.1) is 5.92 Å². The summed E-state index contributed by atoms with van der Waals surface area (Å²) in [7, 11) is -2.00. The second-order valence-corrected chi connectivity index (χ2v) is 9.53. The molecule has 1 aromatic carbocycles. The molecule has 0 unspecified atom stereocenters. The molecule has 0 bridgehead atoms. The zero-order valence-corrected chi connectivity index (χ0v) is 15.8. The van der Waals surface area contributed by atoms with Gasteiger partial charge in [0, 0.05) is 5.56 Å². The highest BCUT2D eigenvalue weighted by atomic mass is 32.2. The maximum absolute atomic E-state index is 12.5. The fraction of sp³-hybridized carbons (Fsp3) is 0.471. The number of amides is 1.